The largest absolute Gasteiger partial charge is 0.462 e. The first kappa shape index (κ1) is 16.3. The minimum absolute atomic E-state index is 0.166. The molecule has 1 unspecified atom stereocenters. The fourth-order valence-electron chi connectivity index (χ4n) is 1.30. The van der Waals surface area contributed by atoms with E-state index >= 15 is 0 Å². The topological polar surface area (TPSA) is 44.8 Å². The van der Waals surface area contributed by atoms with Gasteiger partial charge in [0.05, 0.1) is 6.61 Å². The van der Waals surface area contributed by atoms with Gasteiger partial charge in [-0.05, 0) is 32.7 Å². The van der Waals surface area contributed by atoms with E-state index in [2.05, 4.69) is 6.58 Å². The maximum atomic E-state index is 11.2. The number of rotatable bonds is 9. The van der Waals surface area contributed by atoms with Crippen molar-refractivity contribution in [1.82, 2.24) is 0 Å². The van der Waals surface area contributed by atoms with E-state index < -0.39 is 0 Å². The summed E-state index contributed by atoms with van der Waals surface area (Å²) < 4.78 is 16.1. The van der Waals surface area contributed by atoms with Crippen molar-refractivity contribution in [1.29, 1.82) is 0 Å². The van der Waals surface area contributed by atoms with Crippen molar-refractivity contribution in [3.05, 3.63) is 12.2 Å². The second-order valence-corrected chi connectivity index (χ2v) is 5.44. The van der Waals surface area contributed by atoms with Crippen LogP contribution in [0.5, 0.6) is 0 Å². The van der Waals surface area contributed by atoms with Crippen LogP contribution in [-0.2, 0) is 19.0 Å². The predicted molar refractivity (Wildman–Crippen MR) is 71.1 cm³/mol. The number of hydrogen-bond acceptors (Lipinski definition) is 4. The van der Waals surface area contributed by atoms with E-state index in [1.54, 1.807) is 6.92 Å². The summed E-state index contributed by atoms with van der Waals surface area (Å²) in [5.41, 5.74) is 0.758. The highest BCUT2D eigenvalue weighted by molar-refractivity contribution is 6.11. The third-order valence-corrected chi connectivity index (χ3v) is 3.40. The summed E-state index contributed by atoms with van der Waals surface area (Å²) in [6.45, 7) is 10.7. The van der Waals surface area contributed by atoms with Gasteiger partial charge in [0.25, 0.3) is 0 Å². The van der Waals surface area contributed by atoms with Crippen LogP contribution in [0.3, 0.4) is 0 Å². The Labute approximate surface area is 107 Å². The zero-order valence-corrected chi connectivity index (χ0v) is 13.3. The molecule has 0 aromatic rings. The predicted octanol–water partition coefficient (Wildman–Crippen LogP) is 1.05. The smallest absolute Gasteiger partial charge is 0.333 e. The normalized spacial score (nSPS) is 12.7. The first-order chi connectivity index (χ1) is 8.02. The third kappa shape index (κ3) is 7.30. The van der Waals surface area contributed by atoms with Crippen molar-refractivity contribution >= 4 is 16.2 Å². The molecular formula is C12H24O4Si. The molecule has 0 aliphatic heterocycles. The van der Waals surface area contributed by atoms with E-state index in [-0.39, 0.29) is 12.3 Å². The number of carbonyl (C=O) groups is 1. The van der Waals surface area contributed by atoms with E-state index in [0.29, 0.717) is 30.9 Å². The molecule has 0 radical (unpaired) electrons. The lowest BCUT2D eigenvalue weighted by Gasteiger charge is -2.23. The molecule has 0 N–H and O–H groups in total. The molecule has 0 aliphatic rings. The lowest BCUT2D eigenvalue weighted by molar-refractivity contribution is -0.146. The van der Waals surface area contributed by atoms with Gasteiger partial charge in [-0.3, -0.25) is 0 Å². The van der Waals surface area contributed by atoms with Crippen LogP contribution in [0, 0.1) is 0 Å². The third-order valence-electron chi connectivity index (χ3n) is 2.28. The van der Waals surface area contributed by atoms with Crippen LogP contribution in [0.4, 0.5) is 0 Å². The molecule has 0 rings (SSSR count). The second kappa shape index (κ2) is 9.38. The molecule has 0 heterocycles. The highest BCUT2D eigenvalue weighted by atomic mass is 28.1. The molecule has 0 bridgehead atoms. The van der Waals surface area contributed by atoms with Gasteiger partial charge in [-0.2, -0.15) is 0 Å². The molecule has 5 heteroatoms. The average Bonchev–Trinajstić information content (AvgIpc) is 2.28. The number of ether oxygens (including phenoxy) is 3. The molecule has 0 aromatic carbocycles. The van der Waals surface area contributed by atoms with Gasteiger partial charge in [-0.1, -0.05) is 6.58 Å². The molecule has 1 atom stereocenters. The van der Waals surface area contributed by atoms with Crippen LogP contribution >= 0.6 is 0 Å². The molecule has 0 saturated heterocycles. The summed E-state index contributed by atoms with van der Waals surface area (Å²) in [4.78, 5) is 11.2. The number of esters is 1. The van der Waals surface area contributed by atoms with Crippen LogP contribution in [-0.4, -0.2) is 42.3 Å². The van der Waals surface area contributed by atoms with Crippen molar-refractivity contribution in [2.75, 3.05) is 19.8 Å². The second-order valence-electron chi connectivity index (χ2n) is 3.96. The zero-order valence-electron chi connectivity index (χ0n) is 11.3. The maximum Gasteiger partial charge on any atom is 0.333 e. The molecule has 0 amide bonds. The van der Waals surface area contributed by atoms with Gasteiger partial charge < -0.3 is 14.2 Å². The van der Waals surface area contributed by atoms with E-state index in [0.717, 1.165) is 16.7 Å². The zero-order chi connectivity index (χ0) is 13.3. The lowest BCUT2D eigenvalue weighted by Crippen LogP contribution is -2.25. The Hall–Kier alpha value is -0.653. The molecule has 100 valence electrons. The Balaban J connectivity index is 3.92. The van der Waals surface area contributed by atoms with Crippen LogP contribution in [0.1, 0.15) is 27.2 Å². The summed E-state index contributed by atoms with van der Waals surface area (Å²) in [7, 11) is 0.943. The highest BCUT2D eigenvalue weighted by Crippen LogP contribution is 2.17. The van der Waals surface area contributed by atoms with Gasteiger partial charge in [0.15, 0.2) is 6.29 Å². The minimum atomic E-state index is -0.330. The molecule has 0 fully saturated rings. The number of carbonyl (C=O) groups excluding carboxylic acids is 1. The van der Waals surface area contributed by atoms with Crippen LogP contribution in [0.25, 0.3) is 0 Å². The van der Waals surface area contributed by atoms with Crippen molar-refractivity contribution in [2.45, 2.75) is 39.0 Å². The molecule has 4 nitrogen and oxygen atoms in total. The Morgan fingerprint density at radius 2 is 1.82 bits per heavy atom. The Bertz CT molecular complexity index is 237. The molecule has 0 saturated carbocycles. The highest BCUT2D eigenvalue weighted by Gasteiger charge is 2.18. The van der Waals surface area contributed by atoms with Crippen molar-refractivity contribution in [2.24, 2.45) is 0 Å². The quantitative estimate of drug-likeness (QED) is 0.269. The molecule has 0 aromatic heterocycles. The molecule has 0 spiro atoms. The van der Waals surface area contributed by atoms with Crippen molar-refractivity contribution in [3.8, 4) is 0 Å². The number of hydrogen-bond donors (Lipinski definition) is 0. The Morgan fingerprint density at radius 3 is 2.24 bits per heavy atom. The van der Waals surface area contributed by atoms with Crippen LogP contribution in [0.2, 0.25) is 5.54 Å². The molecule has 17 heavy (non-hydrogen) atoms. The van der Waals surface area contributed by atoms with Gasteiger partial charge >= 0.3 is 5.97 Å². The fourth-order valence-corrected chi connectivity index (χ4v) is 1.92. The summed E-state index contributed by atoms with van der Waals surface area (Å²) in [6.07, 6.45) is 0.607. The van der Waals surface area contributed by atoms with Gasteiger partial charge in [0.1, 0.15) is 0 Å². The lowest BCUT2D eigenvalue weighted by atomic mass is 10.3. The van der Waals surface area contributed by atoms with Crippen LogP contribution < -0.4 is 0 Å². The van der Waals surface area contributed by atoms with Crippen molar-refractivity contribution in [3.63, 3.8) is 0 Å². The first-order valence-electron chi connectivity index (χ1n) is 6.08. The monoisotopic (exact) mass is 260 g/mol. The average molecular weight is 260 g/mol. The summed E-state index contributed by atoms with van der Waals surface area (Å²) in [5.74, 6) is -0.330. The van der Waals surface area contributed by atoms with E-state index in [1.807, 2.05) is 13.8 Å². The molecule has 0 aliphatic carbocycles. The van der Waals surface area contributed by atoms with Gasteiger partial charge in [0.2, 0.25) is 0 Å². The summed E-state index contributed by atoms with van der Waals surface area (Å²) in [6, 6.07) is 0. The van der Waals surface area contributed by atoms with E-state index in [4.69, 9.17) is 14.2 Å². The van der Waals surface area contributed by atoms with Gasteiger partial charge in [-0.25, -0.2) is 4.79 Å². The van der Waals surface area contributed by atoms with Crippen LogP contribution in [0.15, 0.2) is 12.2 Å². The van der Waals surface area contributed by atoms with E-state index in [9.17, 15) is 4.79 Å². The fraction of sp³-hybridized carbons (Fsp3) is 0.750. The molecular weight excluding hydrogens is 236 g/mol. The van der Waals surface area contributed by atoms with E-state index in [1.165, 1.54) is 0 Å². The minimum Gasteiger partial charge on any atom is -0.462 e. The van der Waals surface area contributed by atoms with Gasteiger partial charge in [-0.15, -0.1) is 0 Å². The summed E-state index contributed by atoms with van der Waals surface area (Å²) >= 11 is 0. The SMILES string of the molecule is C=C(C)C(=O)OCCC([SiH3])C(OCC)OCC. The van der Waals surface area contributed by atoms with Gasteiger partial charge in [0, 0.05) is 29.0 Å². The first-order valence-corrected chi connectivity index (χ1v) is 7.24. The summed E-state index contributed by atoms with van der Waals surface area (Å²) in [5, 5.41) is 0. The standard InChI is InChI=1S/C12H24O4Si/c1-5-14-12(15-6-2)10(17)7-8-16-11(13)9(3)4/h10,12H,3,5-8H2,1-2,4,17H3. The Morgan fingerprint density at radius 1 is 1.29 bits per heavy atom. The van der Waals surface area contributed by atoms with Crippen molar-refractivity contribution < 1.29 is 19.0 Å². The maximum absolute atomic E-state index is 11.2. The Kier molecular flexibility index (Phi) is 9.02.